The summed E-state index contributed by atoms with van der Waals surface area (Å²) in [4.78, 5) is 24.0. The summed E-state index contributed by atoms with van der Waals surface area (Å²) in [5.74, 6) is 5.45. The lowest BCUT2D eigenvalue weighted by atomic mass is 10.1. The first-order valence-electron chi connectivity index (χ1n) is 6.34. The second-order valence-electron chi connectivity index (χ2n) is 4.09. The van der Waals surface area contributed by atoms with Gasteiger partial charge in [-0.05, 0) is 23.6 Å². The van der Waals surface area contributed by atoms with Gasteiger partial charge >= 0.3 is 0 Å². The average molecular weight is 298 g/mol. The fourth-order valence-corrected chi connectivity index (χ4v) is 2.32. The minimum atomic E-state index is -0.178. The molecule has 1 heterocycles. The first-order chi connectivity index (χ1) is 10.2. The molecule has 5 heteroatoms. The summed E-state index contributed by atoms with van der Waals surface area (Å²) in [6, 6.07) is 10.7. The largest absolute Gasteiger partial charge is 0.355 e. The Balaban J connectivity index is 2.00. The third kappa shape index (κ3) is 3.94. The summed E-state index contributed by atoms with van der Waals surface area (Å²) < 4.78 is 0. The van der Waals surface area contributed by atoms with Crippen LogP contribution in [0.3, 0.4) is 0 Å². The zero-order valence-electron chi connectivity index (χ0n) is 11.5. The van der Waals surface area contributed by atoms with Gasteiger partial charge in [-0.2, -0.15) is 0 Å². The Hall–Kier alpha value is -2.58. The molecule has 2 amide bonds. The molecule has 2 N–H and O–H groups in total. The second-order valence-corrected chi connectivity index (χ2v) is 5.03. The minimum Gasteiger partial charge on any atom is -0.355 e. The maximum absolute atomic E-state index is 11.7. The van der Waals surface area contributed by atoms with Crippen LogP contribution in [-0.2, 0) is 0 Å². The minimum absolute atomic E-state index is 0.140. The number of amides is 2. The lowest BCUT2D eigenvalue weighted by molar-refractivity contribution is 0.0954. The van der Waals surface area contributed by atoms with Gasteiger partial charge in [0.2, 0.25) is 0 Å². The van der Waals surface area contributed by atoms with E-state index in [0.29, 0.717) is 16.0 Å². The maximum Gasteiger partial charge on any atom is 0.262 e. The van der Waals surface area contributed by atoms with E-state index in [1.165, 1.54) is 11.3 Å². The van der Waals surface area contributed by atoms with Crippen LogP contribution in [0.25, 0.3) is 0 Å². The highest BCUT2D eigenvalue weighted by Gasteiger charge is 2.07. The molecular weight excluding hydrogens is 284 g/mol. The Morgan fingerprint density at radius 1 is 1.14 bits per heavy atom. The van der Waals surface area contributed by atoms with E-state index in [4.69, 9.17) is 0 Å². The van der Waals surface area contributed by atoms with E-state index in [0.717, 1.165) is 0 Å². The predicted molar refractivity (Wildman–Crippen MR) is 83.4 cm³/mol. The summed E-state index contributed by atoms with van der Waals surface area (Å²) in [5.41, 5.74) is 1.17. The molecule has 0 fully saturated rings. The van der Waals surface area contributed by atoms with Gasteiger partial charge in [0.15, 0.2) is 0 Å². The molecule has 0 aliphatic carbocycles. The van der Waals surface area contributed by atoms with Crippen molar-refractivity contribution >= 4 is 23.2 Å². The SMILES string of the molecule is CNC(=O)c1ccccc1C#CCNC(=O)c1cccs1. The van der Waals surface area contributed by atoms with Crippen LogP contribution >= 0.6 is 11.3 Å². The van der Waals surface area contributed by atoms with Crippen LogP contribution in [0, 0.1) is 11.8 Å². The van der Waals surface area contributed by atoms with Crippen LogP contribution in [0.5, 0.6) is 0 Å². The fourth-order valence-electron chi connectivity index (χ4n) is 1.68. The van der Waals surface area contributed by atoms with Crippen LogP contribution in [0.15, 0.2) is 41.8 Å². The maximum atomic E-state index is 11.7. The predicted octanol–water partition coefficient (Wildman–Crippen LogP) is 1.89. The molecule has 0 radical (unpaired) electrons. The topological polar surface area (TPSA) is 58.2 Å². The third-order valence-corrected chi connectivity index (χ3v) is 3.57. The molecule has 0 spiro atoms. The van der Waals surface area contributed by atoms with E-state index in [2.05, 4.69) is 22.5 Å². The monoisotopic (exact) mass is 298 g/mol. The Bertz CT molecular complexity index is 697. The number of nitrogens with one attached hydrogen (secondary N) is 2. The summed E-state index contributed by atoms with van der Waals surface area (Å²) in [6.07, 6.45) is 0. The first kappa shape index (κ1) is 14.8. The van der Waals surface area contributed by atoms with E-state index in [1.807, 2.05) is 17.5 Å². The standard InChI is InChI=1S/C16H14N2O2S/c1-17-15(19)13-8-3-2-6-12(13)7-4-10-18-16(20)14-9-5-11-21-14/h2-3,5-6,8-9,11H,10H2,1H3,(H,17,19)(H,18,20). The molecule has 21 heavy (non-hydrogen) atoms. The van der Waals surface area contributed by atoms with Crippen LogP contribution in [0.1, 0.15) is 25.6 Å². The van der Waals surface area contributed by atoms with Gasteiger partial charge in [-0.1, -0.05) is 30.0 Å². The Morgan fingerprint density at radius 3 is 2.67 bits per heavy atom. The molecule has 0 saturated carbocycles. The highest BCUT2D eigenvalue weighted by Crippen LogP contribution is 2.08. The smallest absolute Gasteiger partial charge is 0.262 e. The van der Waals surface area contributed by atoms with Crippen LogP contribution < -0.4 is 10.6 Å². The van der Waals surface area contributed by atoms with Crippen molar-refractivity contribution in [2.45, 2.75) is 0 Å². The summed E-state index contributed by atoms with van der Waals surface area (Å²) in [5, 5.41) is 7.14. The normalized spacial score (nSPS) is 9.38. The van der Waals surface area contributed by atoms with Gasteiger partial charge in [0, 0.05) is 12.6 Å². The molecule has 0 aliphatic heterocycles. The zero-order chi connectivity index (χ0) is 15.1. The van der Waals surface area contributed by atoms with Crippen LogP contribution in [-0.4, -0.2) is 25.4 Å². The Kier molecular flexibility index (Phi) is 5.13. The lowest BCUT2D eigenvalue weighted by Crippen LogP contribution is -2.22. The van der Waals surface area contributed by atoms with E-state index >= 15 is 0 Å². The molecule has 0 aliphatic rings. The lowest BCUT2D eigenvalue weighted by Gasteiger charge is -2.02. The number of rotatable bonds is 3. The molecule has 0 unspecified atom stereocenters. The number of hydrogen-bond acceptors (Lipinski definition) is 3. The van der Waals surface area contributed by atoms with Gasteiger partial charge < -0.3 is 10.6 Å². The van der Waals surface area contributed by atoms with Gasteiger partial charge in [0.25, 0.3) is 11.8 Å². The molecule has 4 nitrogen and oxygen atoms in total. The van der Waals surface area contributed by atoms with Crippen molar-refractivity contribution in [3.05, 3.63) is 57.8 Å². The fraction of sp³-hybridized carbons (Fsp3) is 0.125. The average Bonchev–Trinajstić information content (AvgIpc) is 3.05. The first-order valence-corrected chi connectivity index (χ1v) is 7.22. The van der Waals surface area contributed by atoms with Gasteiger partial charge in [0.1, 0.15) is 0 Å². The Labute approximate surface area is 127 Å². The number of benzene rings is 1. The molecular formula is C16H14N2O2S. The van der Waals surface area contributed by atoms with E-state index in [-0.39, 0.29) is 18.4 Å². The number of carbonyl (C=O) groups is 2. The van der Waals surface area contributed by atoms with E-state index in [1.54, 1.807) is 31.3 Å². The van der Waals surface area contributed by atoms with Crippen LogP contribution in [0.2, 0.25) is 0 Å². The van der Waals surface area contributed by atoms with Gasteiger partial charge in [-0.3, -0.25) is 9.59 Å². The Morgan fingerprint density at radius 2 is 1.95 bits per heavy atom. The molecule has 106 valence electrons. The quantitative estimate of drug-likeness (QED) is 0.850. The van der Waals surface area contributed by atoms with Gasteiger partial charge in [0.05, 0.1) is 17.0 Å². The van der Waals surface area contributed by atoms with Crippen LogP contribution in [0.4, 0.5) is 0 Å². The number of carbonyl (C=O) groups excluding carboxylic acids is 2. The van der Waals surface area contributed by atoms with Crippen molar-refractivity contribution < 1.29 is 9.59 Å². The van der Waals surface area contributed by atoms with Crippen molar-refractivity contribution in [1.29, 1.82) is 0 Å². The number of hydrogen-bond donors (Lipinski definition) is 2. The number of thiophene rings is 1. The molecule has 0 saturated heterocycles. The molecule has 2 rings (SSSR count). The highest BCUT2D eigenvalue weighted by atomic mass is 32.1. The van der Waals surface area contributed by atoms with Crippen molar-refractivity contribution in [2.75, 3.05) is 13.6 Å². The van der Waals surface area contributed by atoms with Crippen molar-refractivity contribution in [2.24, 2.45) is 0 Å². The molecule has 0 atom stereocenters. The highest BCUT2D eigenvalue weighted by molar-refractivity contribution is 7.12. The third-order valence-electron chi connectivity index (χ3n) is 2.70. The van der Waals surface area contributed by atoms with Gasteiger partial charge in [-0.25, -0.2) is 0 Å². The van der Waals surface area contributed by atoms with Crippen molar-refractivity contribution in [3.63, 3.8) is 0 Å². The summed E-state index contributed by atoms with van der Waals surface area (Å²) in [7, 11) is 1.58. The summed E-state index contributed by atoms with van der Waals surface area (Å²) >= 11 is 1.38. The van der Waals surface area contributed by atoms with Gasteiger partial charge in [-0.15, -0.1) is 11.3 Å². The molecule has 2 aromatic rings. The second kappa shape index (κ2) is 7.27. The van der Waals surface area contributed by atoms with Crippen molar-refractivity contribution in [3.8, 4) is 11.8 Å². The molecule has 0 bridgehead atoms. The zero-order valence-corrected chi connectivity index (χ0v) is 12.3. The molecule has 1 aromatic carbocycles. The van der Waals surface area contributed by atoms with Crippen molar-refractivity contribution in [1.82, 2.24) is 10.6 Å². The summed E-state index contributed by atoms with van der Waals surface area (Å²) in [6.45, 7) is 0.235. The molecule has 1 aromatic heterocycles. The van der Waals surface area contributed by atoms with E-state index < -0.39 is 0 Å². The van der Waals surface area contributed by atoms with E-state index in [9.17, 15) is 9.59 Å².